The van der Waals surface area contributed by atoms with Gasteiger partial charge in [-0.05, 0) is 24.1 Å². The molecule has 3 nitrogen and oxygen atoms in total. The van der Waals surface area contributed by atoms with Gasteiger partial charge in [0.25, 0.3) is 0 Å². The van der Waals surface area contributed by atoms with Gasteiger partial charge in [-0.3, -0.25) is 4.90 Å². The van der Waals surface area contributed by atoms with Crippen molar-refractivity contribution in [1.82, 2.24) is 4.90 Å². The van der Waals surface area contributed by atoms with Gasteiger partial charge in [0.1, 0.15) is 5.82 Å². The summed E-state index contributed by atoms with van der Waals surface area (Å²) in [6.07, 6.45) is 1.11. The number of nitrogens with two attached hydrogens (primary N) is 1. The average Bonchev–Trinajstić information content (AvgIpc) is 2.38. The molecule has 17 heavy (non-hydrogen) atoms. The Bertz CT molecular complexity index is 342. The molecule has 0 radical (unpaired) electrons. The second-order valence-electron chi connectivity index (χ2n) is 4.41. The fourth-order valence-electron chi connectivity index (χ4n) is 2.06. The van der Waals surface area contributed by atoms with Crippen LogP contribution in [-0.4, -0.2) is 43.8 Å². The van der Waals surface area contributed by atoms with Gasteiger partial charge in [-0.15, -0.1) is 0 Å². The van der Waals surface area contributed by atoms with Gasteiger partial charge in [-0.25, -0.2) is 4.39 Å². The Kier molecular flexibility index (Phi) is 4.48. The van der Waals surface area contributed by atoms with Crippen molar-refractivity contribution in [3.63, 3.8) is 0 Å². The maximum atomic E-state index is 12.7. The molecule has 1 aliphatic rings. The second kappa shape index (κ2) is 6.10. The monoisotopic (exact) mass is 238 g/mol. The van der Waals surface area contributed by atoms with Crippen LogP contribution in [0.15, 0.2) is 24.3 Å². The molecular formula is C13H19FN2O. The third-order valence-electron chi connectivity index (χ3n) is 3.12. The zero-order valence-electron chi connectivity index (χ0n) is 9.94. The Morgan fingerprint density at radius 3 is 2.82 bits per heavy atom. The highest BCUT2D eigenvalue weighted by molar-refractivity contribution is 5.16. The molecule has 0 aliphatic carbocycles. The summed E-state index contributed by atoms with van der Waals surface area (Å²) in [6, 6.07) is 6.71. The lowest BCUT2D eigenvalue weighted by Gasteiger charge is -2.32. The van der Waals surface area contributed by atoms with Crippen molar-refractivity contribution in [2.75, 3.05) is 32.8 Å². The minimum Gasteiger partial charge on any atom is -0.374 e. The van der Waals surface area contributed by atoms with E-state index in [4.69, 9.17) is 10.5 Å². The zero-order valence-corrected chi connectivity index (χ0v) is 9.94. The fourth-order valence-corrected chi connectivity index (χ4v) is 2.06. The van der Waals surface area contributed by atoms with E-state index >= 15 is 0 Å². The molecule has 1 atom stereocenters. The summed E-state index contributed by atoms with van der Waals surface area (Å²) >= 11 is 0. The van der Waals surface area contributed by atoms with E-state index in [1.54, 1.807) is 0 Å². The van der Waals surface area contributed by atoms with Gasteiger partial charge in [0.2, 0.25) is 0 Å². The zero-order chi connectivity index (χ0) is 12.1. The fraction of sp³-hybridized carbons (Fsp3) is 0.538. The maximum absolute atomic E-state index is 12.7. The Morgan fingerprint density at radius 1 is 1.35 bits per heavy atom. The van der Waals surface area contributed by atoms with Crippen molar-refractivity contribution >= 4 is 0 Å². The molecule has 1 heterocycles. The van der Waals surface area contributed by atoms with Crippen LogP contribution >= 0.6 is 0 Å². The van der Waals surface area contributed by atoms with E-state index in [1.807, 2.05) is 12.1 Å². The van der Waals surface area contributed by atoms with Crippen LogP contribution in [0.2, 0.25) is 0 Å². The predicted molar refractivity (Wildman–Crippen MR) is 65.3 cm³/mol. The van der Waals surface area contributed by atoms with Crippen molar-refractivity contribution in [3.8, 4) is 0 Å². The van der Waals surface area contributed by atoms with Crippen LogP contribution in [-0.2, 0) is 11.2 Å². The van der Waals surface area contributed by atoms with Crippen LogP contribution in [0.25, 0.3) is 0 Å². The summed E-state index contributed by atoms with van der Waals surface area (Å²) in [7, 11) is 0. The average molecular weight is 238 g/mol. The van der Waals surface area contributed by atoms with Crippen LogP contribution in [0.4, 0.5) is 4.39 Å². The number of halogens is 1. The first-order chi connectivity index (χ1) is 8.28. The van der Waals surface area contributed by atoms with Gasteiger partial charge < -0.3 is 10.5 Å². The summed E-state index contributed by atoms with van der Waals surface area (Å²) in [4.78, 5) is 2.35. The molecule has 0 spiro atoms. The maximum Gasteiger partial charge on any atom is 0.123 e. The van der Waals surface area contributed by atoms with Crippen molar-refractivity contribution in [2.45, 2.75) is 12.5 Å². The molecule has 0 saturated carbocycles. The van der Waals surface area contributed by atoms with E-state index in [0.717, 1.165) is 32.7 Å². The third-order valence-corrected chi connectivity index (χ3v) is 3.12. The number of hydrogen-bond acceptors (Lipinski definition) is 3. The topological polar surface area (TPSA) is 38.5 Å². The number of ether oxygens (including phenoxy) is 1. The van der Waals surface area contributed by atoms with E-state index in [1.165, 1.54) is 17.7 Å². The number of benzene rings is 1. The first kappa shape index (κ1) is 12.5. The Morgan fingerprint density at radius 2 is 2.12 bits per heavy atom. The first-order valence-electron chi connectivity index (χ1n) is 6.06. The van der Waals surface area contributed by atoms with Crippen molar-refractivity contribution in [3.05, 3.63) is 35.6 Å². The molecule has 1 aliphatic heterocycles. The van der Waals surface area contributed by atoms with E-state index < -0.39 is 0 Å². The number of rotatable bonds is 4. The second-order valence-corrected chi connectivity index (χ2v) is 4.41. The molecule has 94 valence electrons. The third kappa shape index (κ3) is 3.77. The summed E-state index contributed by atoms with van der Waals surface area (Å²) in [6.45, 7) is 4.17. The summed E-state index contributed by atoms with van der Waals surface area (Å²) < 4.78 is 18.2. The highest BCUT2D eigenvalue weighted by atomic mass is 19.1. The molecular weight excluding hydrogens is 219 g/mol. The molecule has 2 rings (SSSR count). The van der Waals surface area contributed by atoms with Crippen LogP contribution in [0.1, 0.15) is 5.56 Å². The van der Waals surface area contributed by atoms with E-state index in [0.29, 0.717) is 6.54 Å². The van der Waals surface area contributed by atoms with Crippen LogP contribution < -0.4 is 5.73 Å². The molecule has 1 saturated heterocycles. The molecule has 2 N–H and O–H groups in total. The molecule has 0 amide bonds. The van der Waals surface area contributed by atoms with Crippen LogP contribution in [0, 0.1) is 5.82 Å². The summed E-state index contributed by atoms with van der Waals surface area (Å²) in [5.74, 6) is -0.177. The normalized spacial score (nSPS) is 21.6. The quantitative estimate of drug-likeness (QED) is 0.851. The van der Waals surface area contributed by atoms with Gasteiger partial charge in [0, 0.05) is 26.2 Å². The summed E-state index contributed by atoms with van der Waals surface area (Å²) in [5, 5.41) is 0. The SMILES string of the molecule is NCC1CN(CCc2ccc(F)cc2)CCO1. The smallest absolute Gasteiger partial charge is 0.123 e. The molecule has 0 aromatic heterocycles. The largest absolute Gasteiger partial charge is 0.374 e. The molecule has 4 heteroatoms. The van der Waals surface area contributed by atoms with E-state index in [-0.39, 0.29) is 11.9 Å². The molecule has 1 aromatic carbocycles. The van der Waals surface area contributed by atoms with Crippen LogP contribution in [0.3, 0.4) is 0 Å². The lowest BCUT2D eigenvalue weighted by molar-refractivity contribution is -0.0226. The number of morpholine rings is 1. The van der Waals surface area contributed by atoms with Gasteiger partial charge in [0.05, 0.1) is 12.7 Å². The summed E-state index contributed by atoms with van der Waals surface area (Å²) in [5.41, 5.74) is 6.76. The Balaban J connectivity index is 1.79. The number of nitrogens with zero attached hydrogens (tertiary/aromatic N) is 1. The van der Waals surface area contributed by atoms with Crippen LogP contribution in [0.5, 0.6) is 0 Å². The highest BCUT2D eigenvalue weighted by Gasteiger charge is 2.18. The lowest BCUT2D eigenvalue weighted by Crippen LogP contribution is -2.46. The Hall–Kier alpha value is -0.970. The van der Waals surface area contributed by atoms with Crippen molar-refractivity contribution < 1.29 is 9.13 Å². The van der Waals surface area contributed by atoms with Gasteiger partial charge in [-0.2, -0.15) is 0 Å². The van der Waals surface area contributed by atoms with E-state index in [2.05, 4.69) is 4.90 Å². The molecule has 1 fully saturated rings. The highest BCUT2D eigenvalue weighted by Crippen LogP contribution is 2.08. The van der Waals surface area contributed by atoms with Crippen molar-refractivity contribution in [1.29, 1.82) is 0 Å². The molecule has 1 aromatic rings. The van der Waals surface area contributed by atoms with Crippen molar-refractivity contribution in [2.24, 2.45) is 5.73 Å². The predicted octanol–water partition coefficient (Wildman–Crippen LogP) is 1.03. The minimum absolute atomic E-state index is 0.164. The van der Waals surface area contributed by atoms with Gasteiger partial charge in [0.15, 0.2) is 0 Å². The molecule has 1 unspecified atom stereocenters. The molecule has 0 bridgehead atoms. The minimum atomic E-state index is -0.177. The Labute approximate surface area is 101 Å². The van der Waals surface area contributed by atoms with Gasteiger partial charge >= 0.3 is 0 Å². The number of hydrogen-bond donors (Lipinski definition) is 1. The first-order valence-corrected chi connectivity index (χ1v) is 6.06. The standard InChI is InChI=1S/C13H19FN2O/c14-12-3-1-11(2-4-12)5-6-16-7-8-17-13(9-15)10-16/h1-4,13H,5-10,15H2. The van der Waals surface area contributed by atoms with Gasteiger partial charge in [-0.1, -0.05) is 12.1 Å². The van der Waals surface area contributed by atoms with E-state index in [9.17, 15) is 4.39 Å². The lowest BCUT2D eigenvalue weighted by atomic mass is 10.1.